The molecule has 0 aliphatic rings. The van der Waals surface area contributed by atoms with E-state index >= 15 is 0 Å². The Bertz CT molecular complexity index is 1420. The summed E-state index contributed by atoms with van der Waals surface area (Å²) < 4.78 is 0. The molecular formula is C38H56Cl2N4O3S2. The molecule has 4 aromatic rings. The highest BCUT2D eigenvalue weighted by Gasteiger charge is 2.31. The molecule has 49 heavy (non-hydrogen) atoms. The highest BCUT2D eigenvalue weighted by molar-refractivity contribution is 7.12. The molecule has 2 unspecified atom stereocenters. The van der Waals surface area contributed by atoms with Crippen LogP contribution in [0.15, 0.2) is 84.9 Å². The summed E-state index contributed by atoms with van der Waals surface area (Å²) in [4.78, 5) is 34.8. The molecule has 272 valence electrons. The van der Waals surface area contributed by atoms with Gasteiger partial charge < -0.3 is 25.9 Å². The third kappa shape index (κ3) is 13.5. The van der Waals surface area contributed by atoms with Gasteiger partial charge in [-0.2, -0.15) is 0 Å². The molecule has 2 heterocycles. The molecule has 2 aromatic heterocycles. The third-order valence-corrected chi connectivity index (χ3v) is 9.77. The summed E-state index contributed by atoms with van der Waals surface area (Å²) in [5.41, 5.74) is 1.06. The monoisotopic (exact) mass is 750 g/mol. The second-order valence-electron chi connectivity index (χ2n) is 13.6. The number of nitrogens with zero attached hydrogens (tertiary/aromatic N) is 2. The van der Waals surface area contributed by atoms with Gasteiger partial charge in [0, 0.05) is 54.8 Å². The lowest BCUT2D eigenvalue weighted by molar-refractivity contribution is -0.126. The maximum atomic E-state index is 13.0. The van der Waals surface area contributed by atoms with Crippen molar-refractivity contribution in [2.45, 2.75) is 67.5 Å². The van der Waals surface area contributed by atoms with Gasteiger partial charge in [0.25, 0.3) is 0 Å². The van der Waals surface area contributed by atoms with Crippen LogP contribution in [0, 0.1) is 24.7 Å². The maximum Gasteiger partial charge on any atom is 0.232 e. The minimum absolute atomic E-state index is 0. The summed E-state index contributed by atoms with van der Waals surface area (Å²) in [7, 11) is 3.90. The van der Waals surface area contributed by atoms with Crippen LogP contribution >= 0.6 is 47.5 Å². The second kappa shape index (κ2) is 20.8. The standard InChI is InChI=1S/2C19H26N2OS.2ClH.H2O/c2*1-14-11-12-17(23-14)16(20-5)13-21(18(22)19(2,3)4)15-9-7-6-8-10-15;;;/h2*6-12,16,20H,13H2,1-5H3;2*1H;1H2. The number of amides is 2. The average molecular weight is 752 g/mol. The predicted octanol–water partition coefficient (Wildman–Crippen LogP) is 8.81. The number of thiophene rings is 2. The number of benzene rings is 2. The summed E-state index contributed by atoms with van der Waals surface area (Å²) in [5, 5.41) is 6.71. The predicted molar refractivity (Wildman–Crippen MR) is 216 cm³/mol. The topological polar surface area (TPSA) is 96.2 Å². The molecule has 11 heteroatoms. The molecule has 0 saturated heterocycles. The van der Waals surface area contributed by atoms with E-state index in [0.717, 1.165) is 11.4 Å². The first-order valence-corrected chi connectivity index (χ1v) is 17.5. The molecule has 7 nitrogen and oxygen atoms in total. The molecule has 0 fully saturated rings. The Morgan fingerprint density at radius 1 is 0.592 bits per heavy atom. The lowest BCUT2D eigenvalue weighted by atomic mass is 9.94. The quantitative estimate of drug-likeness (QED) is 0.169. The fourth-order valence-electron chi connectivity index (χ4n) is 4.93. The van der Waals surface area contributed by atoms with E-state index in [1.807, 2.05) is 126 Å². The van der Waals surface area contributed by atoms with Crippen LogP contribution in [0.25, 0.3) is 0 Å². The number of aryl methyl sites for hydroxylation is 2. The zero-order chi connectivity index (χ0) is 34.1. The average Bonchev–Trinajstić information content (AvgIpc) is 3.66. The van der Waals surface area contributed by atoms with Crippen molar-refractivity contribution in [1.29, 1.82) is 0 Å². The number of rotatable bonds is 10. The molecule has 2 atom stereocenters. The van der Waals surface area contributed by atoms with Gasteiger partial charge in [-0.3, -0.25) is 9.59 Å². The van der Waals surface area contributed by atoms with Gasteiger partial charge in [0.15, 0.2) is 0 Å². The summed E-state index contributed by atoms with van der Waals surface area (Å²) in [6.07, 6.45) is 0. The van der Waals surface area contributed by atoms with Gasteiger partial charge in [-0.1, -0.05) is 77.9 Å². The smallest absolute Gasteiger partial charge is 0.232 e. The molecule has 4 N–H and O–H groups in total. The van der Waals surface area contributed by atoms with Crippen LogP contribution in [0.4, 0.5) is 11.4 Å². The molecule has 4 rings (SSSR count). The SMILES string of the molecule is CNC(CN(C(=O)C(C)(C)C)c1ccccc1)c1ccc(C)s1.CNC(CN(C(=O)C(C)(C)C)c1ccccc1)c1ccc(C)s1.Cl.Cl.O. The number of nitrogens with one attached hydrogen (secondary N) is 2. The fraction of sp³-hybridized carbons (Fsp3) is 0.421. The largest absolute Gasteiger partial charge is 0.412 e. The first kappa shape index (κ1) is 46.2. The van der Waals surface area contributed by atoms with Gasteiger partial charge >= 0.3 is 0 Å². The van der Waals surface area contributed by atoms with Gasteiger partial charge in [0.2, 0.25) is 11.8 Å². The van der Waals surface area contributed by atoms with E-state index in [4.69, 9.17) is 0 Å². The third-order valence-electron chi connectivity index (χ3n) is 7.55. The van der Waals surface area contributed by atoms with Crippen molar-refractivity contribution in [3.8, 4) is 0 Å². The number of carbonyl (C=O) groups excluding carboxylic acids is 2. The minimum Gasteiger partial charge on any atom is -0.412 e. The van der Waals surface area contributed by atoms with Crippen molar-refractivity contribution in [3.05, 3.63) is 104 Å². The summed E-state index contributed by atoms with van der Waals surface area (Å²) in [5.74, 6) is 0.273. The Kier molecular flexibility index (Phi) is 19.6. The van der Waals surface area contributed by atoms with E-state index in [1.54, 1.807) is 22.7 Å². The minimum atomic E-state index is -0.417. The molecule has 2 aromatic carbocycles. The lowest BCUT2D eigenvalue weighted by Crippen LogP contribution is -2.43. The van der Waals surface area contributed by atoms with Crippen LogP contribution in [0.5, 0.6) is 0 Å². The Balaban J connectivity index is 0.000000886. The first-order chi connectivity index (χ1) is 21.6. The zero-order valence-electron chi connectivity index (χ0n) is 30.5. The number of hydrogen-bond acceptors (Lipinski definition) is 6. The van der Waals surface area contributed by atoms with Crippen molar-refractivity contribution in [3.63, 3.8) is 0 Å². The number of carbonyl (C=O) groups is 2. The van der Waals surface area contributed by atoms with Gasteiger partial charge in [-0.15, -0.1) is 47.5 Å². The molecule has 0 spiro atoms. The van der Waals surface area contributed by atoms with Crippen LogP contribution in [0.3, 0.4) is 0 Å². The fourth-order valence-corrected chi connectivity index (χ4v) is 6.89. The van der Waals surface area contributed by atoms with E-state index in [1.165, 1.54) is 19.5 Å². The van der Waals surface area contributed by atoms with E-state index in [0.29, 0.717) is 13.1 Å². The summed E-state index contributed by atoms with van der Waals surface area (Å²) >= 11 is 3.55. The maximum absolute atomic E-state index is 13.0. The van der Waals surface area contributed by atoms with Gasteiger partial charge in [-0.25, -0.2) is 0 Å². The van der Waals surface area contributed by atoms with Crippen molar-refractivity contribution in [2.24, 2.45) is 10.8 Å². The molecule has 0 bridgehead atoms. The summed E-state index contributed by atoms with van der Waals surface area (Å²) in [6, 6.07) is 28.6. The normalized spacial score (nSPS) is 12.1. The second-order valence-corrected chi connectivity index (χ2v) is 16.2. The van der Waals surface area contributed by atoms with Crippen LogP contribution in [0.1, 0.15) is 73.1 Å². The highest BCUT2D eigenvalue weighted by atomic mass is 35.5. The van der Waals surface area contributed by atoms with E-state index in [9.17, 15) is 9.59 Å². The first-order valence-electron chi connectivity index (χ1n) is 15.9. The number of para-hydroxylation sites is 2. The number of halogens is 2. The van der Waals surface area contributed by atoms with Crippen molar-refractivity contribution in [2.75, 3.05) is 37.0 Å². The zero-order valence-corrected chi connectivity index (χ0v) is 33.8. The molecule has 0 aliphatic heterocycles. The van der Waals surface area contributed by atoms with Crippen LogP contribution in [0.2, 0.25) is 0 Å². The molecular weight excluding hydrogens is 695 g/mol. The number of anilines is 2. The van der Waals surface area contributed by atoms with Crippen LogP contribution in [-0.2, 0) is 9.59 Å². The highest BCUT2D eigenvalue weighted by Crippen LogP contribution is 2.30. The Morgan fingerprint density at radius 3 is 1.12 bits per heavy atom. The molecule has 0 saturated carbocycles. The number of likely N-dealkylation sites (N-methyl/N-ethyl adjacent to an activating group) is 2. The Labute approximate surface area is 314 Å². The van der Waals surface area contributed by atoms with Crippen molar-refractivity contribution >= 4 is 70.7 Å². The van der Waals surface area contributed by atoms with E-state index in [2.05, 4.69) is 48.7 Å². The van der Waals surface area contributed by atoms with E-state index < -0.39 is 10.8 Å². The Morgan fingerprint density at radius 2 is 0.898 bits per heavy atom. The van der Waals surface area contributed by atoms with Crippen LogP contribution in [-0.4, -0.2) is 44.5 Å². The van der Waals surface area contributed by atoms with Gasteiger partial charge in [-0.05, 0) is 76.5 Å². The Hall–Kier alpha value is -2.76. The van der Waals surface area contributed by atoms with Crippen LogP contribution < -0.4 is 20.4 Å². The lowest BCUT2D eigenvalue weighted by Gasteiger charge is -2.32. The molecule has 2 amide bonds. The molecule has 0 aliphatic carbocycles. The number of hydrogen-bond donors (Lipinski definition) is 2. The van der Waals surface area contributed by atoms with Gasteiger partial charge in [0.1, 0.15) is 0 Å². The van der Waals surface area contributed by atoms with Crippen molar-refractivity contribution in [1.82, 2.24) is 10.6 Å². The molecule has 0 radical (unpaired) electrons. The van der Waals surface area contributed by atoms with E-state index in [-0.39, 0.29) is 54.2 Å². The van der Waals surface area contributed by atoms with Gasteiger partial charge in [0.05, 0.1) is 12.1 Å². The summed E-state index contributed by atoms with van der Waals surface area (Å²) in [6.45, 7) is 17.3. The van der Waals surface area contributed by atoms with Crippen molar-refractivity contribution < 1.29 is 15.1 Å².